The van der Waals surface area contributed by atoms with Crippen molar-refractivity contribution in [2.24, 2.45) is 0 Å². The van der Waals surface area contributed by atoms with Crippen LogP contribution >= 0.6 is 11.3 Å². The number of carbonyl (C=O) groups excluding carboxylic acids is 1. The molecule has 78 valence electrons. The number of thiazole rings is 1. The van der Waals surface area contributed by atoms with Crippen LogP contribution in [0.3, 0.4) is 0 Å². The van der Waals surface area contributed by atoms with E-state index < -0.39 is 12.0 Å². The van der Waals surface area contributed by atoms with Gasteiger partial charge in [0, 0.05) is 0 Å². The molecule has 2 rings (SSSR count). The van der Waals surface area contributed by atoms with E-state index in [9.17, 15) is 9.90 Å². The average molecular weight is 221 g/mol. The summed E-state index contributed by atoms with van der Waals surface area (Å²) in [7, 11) is 0. The fourth-order valence-electron chi connectivity index (χ4n) is 1.18. The maximum atomic E-state index is 10.5. The molecule has 1 atom stereocenters. The Kier molecular flexibility index (Phi) is 2.55. The monoisotopic (exact) mass is 221 g/mol. The van der Waals surface area contributed by atoms with Crippen molar-refractivity contribution >= 4 is 32.7 Å². The summed E-state index contributed by atoms with van der Waals surface area (Å²) in [6.07, 6.45) is 0. The van der Waals surface area contributed by atoms with Crippen LogP contribution in [0.2, 0.25) is 0 Å². The molecule has 4 nitrogen and oxygen atoms in total. The number of carboxylic acid groups (broad SMARTS) is 1. The van der Waals surface area contributed by atoms with Crippen LogP contribution in [-0.4, -0.2) is 17.0 Å². The van der Waals surface area contributed by atoms with Gasteiger partial charge >= 0.3 is 0 Å². The van der Waals surface area contributed by atoms with Crippen molar-refractivity contribution in [1.29, 1.82) is 0 Å². The molecule has 0 saturated carbocycles. The average Bonchev–Trinajstić information content (AvgIpc) is 2.59. The molecular formula is C10H9N2O2S-. The van der Waals surface area contributed by atoms with Gasteiger partial charge in [-0.05, 0) is 19.1 Å². The van der Waals surface area contributed by atoms with E-state index in [4.69, 9.17) is 0 Å². The van der Waals surface area contributed by atoms with Crippen molar-refractivity contribution < 1.29 is 9.90 Å². The first-order chi connectivity index (χ1) is 7.16. The topological polar surface area (TPSA) is 65.0 Å². The van der Waals surface area contributed by atoms with Gasteiger partial charge in [0.1, 0.15) is 0 Å². The minimum absolute atomic E-state index is 0.605. The Balaban J connectivity index is 2.26. The molecule has 2 aromatic rings. The second kappa shape index (κ2) is 3.86. The SMILES string of the molecule is C[C@@H](Nc1nc2ccccc2s1)C(=O)[O-]. The predicted molar refractivity (Wildman–Crippen MR) is 57.7 cm³/mol. The largest absolute Gasteiger partial charge is 0.548 e. The summed E-state index contributed by atoms with van der Waals surface area (Å²) in [6.45, 7) is 1.53. The van der Waals surface area contributed by atoms with Crippen LogP contribution in [-0.2, 0) is 4.79 Å². The third-order valence-electron chi connectivity index (χ3n) is 1.99. The number of rotatable bonds is 3. The van der Waals surface area contributed by atoms with Gasteiger partial charge in [0.2, 0.25) is 0 Å². The van der Waals surface area contributed by atoms with Gasteiger partial charge < -0.3 is 15.2 Å². The zero-order chi connectivity index (χ0) is 10.8. The number of fused-ring (bicyclic) bond motifs is 1. The number of nitrogens with one attached hydrogen (secondary N) is 1. The standard InChI is InChI=1S/C10H10N2O2S/c1-6(9(13)14)11-10-12-7-4-2-3-5-8(7)15-10/h2-6H,1H3,(H,11,12)(H,13,14)/p-1/t6-/m1/s1. The van der Waals surface area contributed by atoms with E-state index in [1.165, 1.54) is 18.3 Å². The molecule has 1 aromatic heterocycles. The number of hydrogen-bond donors (Lipinski definition) is 1. The minimum Gasteiger partial charge on any atom is -0.548 e. The lowest BCUT2D eigenvalue weighted by molar-refractivity contribution is -0.306. The molecule has 0 unspecified atom stereocenters. The van der Waals surface area contributed by atoms with Crippen molar-refractivity contribution in [3.8, 4) is 0 Å². The van der Waals surface area contributed by atoms with Gasteiger partial charge in [-0.25, -0.2) is 4.98 Å². The molecule has 0 radical (unpaired) electrons. The fraction of sp³-hybridized carbons (Fsp3) is 0.200. The molecular weight excluding hydrogens is 212 g/mol. The molecule has 5 heteroatoms. The van der Waals surface area contributed by atoms with Crippen LogP contribution in [0.1, 0.15) is 6.92 Å². The number of benzene rings is 1. The number of aromatic nitrogens is 1. The van der Waals surface area contributed by atoms with Gasteiger partial charge in [-0.1, -0.05) is 23.5 Å². The van der Waals surface area contributed by atoms with Crippen LogP contribution in [0.5, 0.6) is 0 Å². The highest BCUT2D eigenvalue weighted by Crippen LogP contribution is 2.25. The number of aliphatic carboxylic acids is 1. The first kappa shape index (κ1) is 9.92. The molecule has 0 aliphatic carbocycles. The maximum Gasteiger partial charge on any atom is 0.184 e. The lowest BCUT2D eigenvalue weighted by Crippen LogP contribution is -2.38. The summed E-state index contributed by atoms with van der Waals surface area (Å²) in [5.74, 6) is -1.13. The third kappa shape index (κ3) is 2.07. The third-order valence-corrected chi connectivity index (χ3v) is 2.96. The van der Waals surface area contributed by atoms with Crippen LogP contribution < -0.4 is 10.4 Å². The first-order valence-corrected chi connectivity index (χ1v) is 5.31. The molecule has 0 fully saturated rings. The van der Waals surface area contributed by atoms with Crippen LogP contribution in [0, 0.1) is 0 Å². The molecule has 0 bridgehead atoms. The second-order valence-corrected chi connectivity index (χ2v) is 4.20. The van der Waals surface area contributed by atoms with Gasteiger partial charge in [0.25, 0.3) is 0 Å². The minimum atomic E-state index is -1.13. The summed E-state index contributed by atoms with van der Waals surface area (Å²) in [4.78, 5) is 14.8. The highest BCUT2D eigenvalue weighted by atomic mass is 32.1. The lowest BCUT2D eigenvalue weighted by Gasteiger charge is -2.12. The molecule has 0 aliphatic rings. The first-order valence-electron chi connectivity index (χ1n) is 4.50. The van der Waals surface area contributed by atoms with Crippen molar-refractivity contribution in [3.63, 3.8) is 0 Å². The van der Waals surface area contributed by atoms with Crippen molar-refractivity contribution in [2.75, 3.05) is 5.32 Å². The van der Waals surface area contributed by atoms with Gasteiger partial charge in [-0.3, -0.25) is 0 Å². The number of hydrogen-bond acceptors (Lipinski definition) is 5. The van der Waals surface area contributed by atoms with Crippen molar-refractivity contribution in [1.82, 2.24) is 4.98 Å². The summed E-state index contributed by atoms with van der Waals surface area (Å²) in [5.41, 5.74) is 0.871. The Bertz CT molecular complexity index is 462. The molecule has 0 amide bonds. The highest BCUT2D eigenvalue weighted by molar-refractivity contribution is 7.22. The van der Waals surface area contributed by atoms with Gasteiger partial charge in [-0.15, -0.1) is 0 Å². The molecule has 1 heterocycles. The van der Waals surface area contributed by atoms with Crippen LogP contribution in [0.15, 0.2) is 24.3 Å². The van der Waals surface area contributed by atoms with E-state index in [1.54, 1.807) is 0 Å². The zero-order valence-electron chi connectivity index (χ0n) is 8.06. The molecule has 15 heavy (non-hydrogen) atoms. The predicted octanol–water partition coefficient (Wildman–Crippen LogP) is 0.847. The number of carboxylic acids is 1. The Labute approximate surface area is 90.6 Å². The normalized spacial score (nSPS) is 12.6. The smallest absolute Gasteiger partial charge is 0.184 e. The highest BCUT2D eigenvalue weighted by Gasteiger charge is 2.06. The second-order valence-electron chi connectivity index (χ2n) is 3.17. The lowest BCUT2D eigenvalue weighted by atomic mass is 10.3. The fourth-order valence-corrected chi connectivity index (χ4v) is 2.13. The van der Waals surface area contributed by atoms with E-state index in [1.807, 2.05) is 24.3 Å². The van der Waals surface area contributed by atoms with Gasteiger partial charge in [0.15, 0.2) is 5.13 Å². The quantitative estimate of drug-likeness (QED) is 0.834. The maximum absolute atomic E-state index is 10.5. The molecule has 1 aromatic carbocycles. The summed E-state index contributed by atoms with van der Waals surface area (Å²) < 4.78 is 1.03. The Hall–Kier alpha value is -1.62. The Morgan fingerprint density at radius 3 is 2.93 bits per heavy atom. The van der Waals surface area contributed by atoms with Gasteiger partial charge in [-0.2, -0.15) is 0 Å². The summed E-state index contributed by atoms with van der Waals surface area (Å²) >= 11 is 1.43. The molecule has 0 aliphatic heterocycles. The van der Waals surface area contributed by atoms with E-state index in [0.29, 0.717) is 5.13 Å². The number of anilines is 1. The van der Waals surface area contributed by atoms with Crippen molar-refractivity contribution in [2.45, 2.75) is 13.0 Å². The van der Waals surface area contributed by atoms with Gasteiger partial charge in [0.05, 0.1) is 22.2 Å². The Morgan fingerprint density at radius 2 is 2.27 bits per heavy atom. The molecule has 1 N–H and O–H groups in total. The molecule has 0 saturated heterocycles. The van der Waals surface area contributed by atoms with E-state index in [0.717, 1.165) is 10.2 Å². The number of carbonyl (C=O) groups is 1. The Morgan fingerprint density at radius 1 is 1.53 bits per heavy atom. The van der Waals surface area contributed by atoms with E-state index in [2.05, 4.69) is 10.3 Å². The van der Waals surface area contributed by atoms with Crippen LogP contribution in [0.4, 0.5) is 5.13 Å². The summed E-state index contributed by atoms with van der Waals surface area (Å²) in [5, 5.41) is 13.9. The van der Waals surface area contributed by atoms with Crippen molar-refractivity contribution in [3.05, 3.63) is 24.3 Å². The van der Waals surface area contributed by atoms with E-state index >= 15 is 0 Å². The zero-order valence-corrected chi connectivity index (χ0v) is 8.88. The number of nitrogens with zero attached hydrogens (tertiary/aromatic N) is 1. The molecule has 0 spiro atoms. The number of para-hydroxylation sites is 1. The van der Waals surface area contributed by atoms with Crippen LogP contribution in [0.25, 0.3) is 10.2 Å². The summed E-state index contributed by atoms with van der Waals surface area (Å²) in [6, 6.07) is 6.92. The van der Waals surface area contributed by atoms with E-state index in [-0.39, 0.29) is 0 Å².